The summed E-state index contributed by atoms with van der Waals surface area (Å²) in [5.41, 5.74) is -0.871. The second kappa shape index (κ2) is 7.37. The van der Waals surface area contributed by atoms with Crippen molar-refractivity contribution in [2.75, 3.05) is 0 Å². The molecule has 158 valence electrons. The molecule has 1 atom stereocenters. The van der Waals surface area contributed by atoms with Crippen molar-refractivity contribution < 1.29 is 9.53 Å². The lowest BCUT2D eigenvalue weighted by Gasteiger charge is -2.55. The van der Waals surface area contributed by atoms with Crippen molar-refractivity contribution in [3.63, 3.8) is 0 Å². The number of rotatable bonds is 6. The van der Waals surface area contributed by atoms with Crippen molar-refractivity contribution in [3.05, 3.63) is 0 Å². The van der Waals surface area contributed by atoms with Gasteiger partial charge in [-0.15, -0.1) is 0 Å². The smallest absolute Gasteiger partial charge is 0.313 e. The lowest BCUT2D eigenvalue weighted by atomic mass is 9.49. The first-order valence-electron chi connectivity index (χ1n) is 11.7. The van der Waals surface area contributed by atoms with E-state index in [0.717, 1.165) is 56.3 Å². The van der Waals surface area contributed by atoms with Gasteiger partial charge >= 0.3 is 5.97 Å². The Hall–Kier alpha value is -0.970. The molecule has 4 saturated carbocycles. The maximum absolute atomic E-state index is 13.4. The molecule has 28 heavy (non-hydrogen) atoms. The van der Waals surface area contributed by atoms with E-state index in [9.17, 15) is 4.79 Å². The number of carbonyl (C=O) groups excluding carboxylic acids is 1. The van der Waals surface area contributed by atoms with Crippen LogP contribution in [0.2, 0.25) is 0 Å². The number of carbonyl (C=O) groups is 1. The zero-order chi connectivity index (χ0) is 20.8. The highest BCUT2D eigenvalue weighted by Gasteiger charge is 2.56. The fourth-order valence-corrected chi connectivity index (χ4v) is 6.25. The Kier molecular flexibility index (Phi) is 5.72. The Morgan fingerprint density at radius 2 is 1.43 bits per heavy atom. The standard InChI is InChI=1S/C26H42O2/c1-8-10-23(3,4)24(5,6)11-12-25(7,9-2)28-22(27)26-16-19-13-20(17-26)15-21(14-19)18-26/h19-21H,8-10,13-18H2,1-7H3. The molecule has 0 aromatic heterocycles. The number of hydrogen-bond donors (Lipinski definition) is 0. The first kappa shape index (κ1) is 21.7. The van der Waals surface area contributed by atoms with Gasteiger partial charge in [-0.2, -0.15) is 0 Å². The fraction of sp³-hybridized carbons (Fsp3) is 0.885. The summed E-state index contributed by atoms with van der Waals surface area (Å²) in [7, 11) is 0. The predicted octanol–water partition coefficient (Wildman–Crippen LogP) is 6.77. The molecule has 0 aromatic carbocycles. The lowest BCUT2D eigenvalue weighted by Crippen LogP contribution is -2.52. The van der Waals surface area contributed by atoms with Crippen molar-refractivity contribution in [1.82, 2.24) is 0 Å². The van der Waals surface area contributed by atoms with Crippen LogP contribution in [0.1, 0.15) is 106 Å². The number of hydrogen-bond acceptors (Lipinski definition) is 2. The van der Waals surface area contributed by atoms with Crippen LogP contribution in [0.15, 0.2) is 0 Å². The maximum atomic E-state index is 13.4. The van der Waals surface area contributed by atoms with Crippen LogP contribution < -0.4 is 0 Å². The summed E-state index contributed by atoms with van der Waals surface area (Å²) >= 11 is 0. The van der Waals surface area contributed by atoms with E-state index in [2.05, 4.69) is 53.4 Å². The Balaban J connectivity index is 1.76. The molecule has 4 aliphatic rings. The summed E-state index contributed by atoms with van der Waals surface area (Å²) < 4.78 is 6.23. The molecule has 2 heteroatoms. The summed E-state index contributed by atoms with van der Waals surface area (Å²) in [5, 5.41) is 0. The van der Waals surface area contributed by atoms with Crippen molar-refractivity contribution >= 4 is 5.97 Å². The minimum Gasteiger partial charge on any atom is -0.446 e. The molecule has 0 heterocycles. The molecule has 4 bridgehead atoms. The molecule has 0 N–H and O–H groups in total. The molecular formula is C26H42O2. The van der Waals surface area contributed by atoms with Crippen LogP contribution in [0.25, 0.3) is 0 Å². The van der Waals surface area contributed by atoms with E-state index in [1.54, 1.807) is 0 Å². The fourth-order valence-electron chi connectivity index (χ4n) is 6.25. The van der Waals surface area contributed by atoms with Gasteiger partial charge in [-0.25, -0.2) is 0 Å². The average molecular weight is 387 g/mol. The van der Waals surface area contributed by atoms with Crippen molar-refractivity contribution in [2.24, 2.45) is 34.0 Å². The van der Waals surface area contributed by atoms with E-state index in [0.29, 0.717) is 0 Å². The highest BCUT2D eigenvalue weighted by atomic mass is 16.6. The second-order valence-electron chi connectivity index (χ2n) is 11.7. The summed E-state index contributed by atoms with van der Waals surface area (Å²) in [4.78, 5) is 13.4. The SMILES string of the molecule is CCCC(C)(C)C(C)(C)C#CC(C)(CC)OC(=O)C12CC3CC(CC(C3)C1)C2. The molecule has 0 saturated heterocycles. The van der Waals surface area contributed by atoms with Gasteiger partial charge in [0, 0.05) is 5.41 Å². The third kappa shape index (κ3) is 4.01. The van der Waals surface area contributed by atoms with Crippen LogP contribution in [0.5, 0.6) is 0 Å². The molecule has 0 amide bonds. The number of esters is 1. The molecule has 2 nitrogen and oxygen atoms in total. The molecule has 0 aliphatic heterocycles. The van der Waals surface area contributed by atoms with Crippen molar-refractivity contribution in [1.29, 1.82) is 0 Å². The van der Waals surface area contributed by atoms with Crippen LogP contribution in [0.3, 0.4) is 0 Å². The van der Waals surface area contributed by atoms with E-state index >= 15 is 0 Å². The zero-order valence-electron chi connectivity index (χ0n) is 19.4. The Labute approximate surface area is 173 Å². The topological polar surface area (TPSA) is 26.3 Å². The summed E-state index contributed by atoms with van der Waals surface area (Å²) in [6, 6.07) is 0. The van der Waals surface area contributed by atoms with Crippen LogP contribution >= 0.6 is 0 Å². The van der Waals surface area contributed by atoms with Crippen LogP contribution in [-0.4, -0.2) is 11.6 Å². The first-order chi connectivity index (χ1) is 12.9. The molecule has 4 fully saturated rings. The quantitative estimate of drug-likeness (QED) is 0.372. The van der Waals surface area contributed by atoms with Gasteiger partial charge < -0.3 is 4.74 Å². The van der Waals surface area contributed by atoms with Crippen molar-refractivity contribution in [3.8, 4) is 11.8 Å². The van der Waals surface area contributed by atoms with E-state index in [-0.39, 0.29) is 22.2 Å². The normalized spacial score (nSPS) is 33.8. The minimum atomic E-state index is -0.681. The van der Waals surface area contributed by atoms with Crippen LogP contribution in [0, 0.1) is 45.8 Å². The summed E-state index contributed by atoms with van der Waals surface area (Å²) in [6.45, 7) is 15.4. The van der Waals surface area contributed by atoms with Crippen LogP contribution in [0.4, 0.5) is 0 Å². The van der Waals surface area contributed by atoms with Gasteiger partial charge in [0.25, 0.3) is 0 Å². The van der Waals surface area contributed by atoms with E-state index in [1.165, 1.54) is 19.3 Å². The minimum absolute atomic E-state index is 0.0517. The monoisotopic (exact) mass is 386 g/mol. The second-order valence-corrected chi connectivity index (χ2v) is 11.7. The van der Waals surface area contributed by atoms with Gasteiger partial charge in [-0.3, -0.25) is 4.79 Å². The van der Waals surface area contributed by atoms with Gasteiger partial charge in [0.2, 0.25) is 0 Å². The molecule has 0 spiro atoms. The summed E-state index contributed by atoms with van der Waals surface area (Å²) in [5.74, 6) is 9.27. The molecular weight excluding hydrogens is 344 g/mol. The highest BCUT2D eigenvalue weighted by molar-refractivity contribution is 5.78. The van der Waals surface area contributed by atoms with E-state index in [4.69, 9.17) is 4.74 Å². The van der Waals surface area contributed by atoms with Gasteiger partial charge in [0.1, 0.15) is 0 Å². The molecule has 0 aromatic rings. The summed E-state index contributed by atoms with van der Waals surface area (Å²) in [6.07, 6.45) is 10.2. The van der Waals surface area contributed by atoms with Gasteiger partial charge in [0.15, 0.2) is 5.60 Å². The lowest BCUT2D eigenvalue weighted by molar-refractivity contribution is -0.181. The highest BCUT2D eigenvalue weighted by Crippen LogP contribution is 2.60. The Morgan fingerprint density at radius 1 is 0.929 bits per heavy atom. The maximum Gasteiger partial charge on any atom is 0.313 e. The van der Waals surface area contributed by atoms with E-state index < -0.39 is 5.60 Å². The largest absolute Gasteiger partial charge is 0.446 e. The van der Waals surface area contributed by atoms with Gasteiger partial charge in [-0.05, 0) is 95.3 Å². The van der Waals surface area contributed by atoms with Crippen molar-refractivity contribution in [2.45, 2.75) is 112 Å². The van der Waals surface area contributed by atoms with E-state index in [1.807, 2.05) is 6.92 Å². The third-order valence-corrected chi connectivity index (χ3v) is 8.67. The average Bonchev–Trinajstić information content (AvgIpc) is 2.59. The molecule has 0 radical (unpaired) electrons. The zero-order valence-corrected chi connectivity index (χ0v) is 19.4. The number of ether oxygens (including phenoxy) is 1. The van der Waals surface area contributed by atoms with Gasteiger partial charge in [-0.1, -0.05) is 46.0 Å². The van der Waals surface area contributed by atoms with Crippen LogP contribution in [-0.2, 0) is 9.53 Å². The Morgan fingerprint density at radius 3 is 1.86 bits per heavy atom. The molecule has 4 aliphatic carbocycles. The van der Waals surface area contributed by atoms with Gasteiger partial charge in [0.05, 0.1) is 5.41 Å². The molecule has 1 unspecified atom stereocenters. The first-order valence-corrected chi connectivity index (χ1v) is 11.7. The predicted molar refractivity (Wildman–Crippen MR) is 116 cm³/mol. The third-order valence-electron chi connectivity index (χ3n) is 8.67. The molecule has 4 rings (SSSR count). The Bertz CT molecular complexity index is 624.